The Kier molecular flexibility index (Phi) is 6.45. The summed E-state index contributed by atoms with van der Waals surface area (Å²) in [4.78, 5) is 1.34. The third kappa shape index (κ3) is 4.44. The first kappa shape index (κ1) is 22.6. The Balaban J connectivity index is 1.24. The lowest BCUT2D eigenvalue weighted by Crippen LogP contribution is -2.01. The highest BCUT2D eigenvalue weighted by molar-refractivity contribution is 7.23. The molecular weight excluding hydrogens is 462 g/mol. The van der Waals surface area contributed by atoms with E-state index in [4.69, 9.17) is 0 Å². The quantitative estimate of drug-likeness (QED) is 0.156. The molecule has 0 aliphatic heterocycles. The van der Waals surface area contributed by atoms with Crippen LogP contribution in [0.3, 0.4) is 0 Å². The monoisotopic (exact) mass is 493 g/mol. The smallest absolute Gasteiger partial charge is 0.0428 e. The minimum atomic E-state index is 1.06. The number of hydrogen-bond acceptors (Lipinski definition) is 3. The number of thiophene rings is 2. The Labute approximate surface area is 215 Å². The van der Waals surface area contributed by atoms with Crippen molar-refractivity contribution >= 4 is 70.1 Å². The highest BCUT2D eigenvalue weighted by Gasteiger charge is 2.11. The SMILES string of the molecule is CCCCCCCCNc1ccc(-c2cc3ccc4c5ccc6ccsc6c5ccc4c3s2)cc1. The van der Waals surface area contributed by atoms with Gasteiger partial charge in [0.25, 0.3) is 0 Å². The van der Waals surface area contributed by atoms with Crippen molar-refractivity contribution in [2.24, 2.45) is 0 Å². The lowest BCUT2D eigenvalue weighted by molar-refractivity contribution is 0.617. The summed E-state index contributed by atoms with van der Waals surface area (Å²) < 4.78 is 2.78. The van der Waals surface area contributed by atoms with E-state index in [0.29, 0.717) is 0 Å². The highest BCUT2D eigenvalue weighted by atomic mass is 32.1. The second-order valence-corrected chi connectivity index (χ2v) is 11.5. The molecule has 6 aromatic rings. The Morgan fingerprint density at radius 1 is 0.629 bits per heavy atom. The molecule has 0 bridgehead atoms. The summed E-state index contributed by atoms with van der Waals surface area (Å²) >= 11 is 3.75. The van der Waals surface area contributed by atoms with Crippen molar-refractivity contribution in [1.29, 1.82) is 0 Å². The maximum Gasteiger partial charge on any atom is 0.0428 e. The zero-order valence-electron chi connectivity index (χ0n) is 20.3. The number of fused-ring (bicyclic) bond motifs is 7. The molecule has 6 rings (SSSR count). The van der Waals surface area contributed by atoms with Crippen molar-refractivity contribution in [2.75, 3.05) is 11.9 Å². The lowest BCUT2D eigenvalue weighted by Gasteiger charge is -2.07. The molecule has 35 heavy (non-hydrogen) atoms. The summed E-state index contributed by atoms with van der Waals surface area (Å²) in [5.41, 5.74) is 2.52. The van der Waals surface area contributed by atoms with Crippen molar-refractivity contribution in [3.63, 3.8) is 0 Å². The molecule has 176 valence electrons. The Bertz CT molecular complexity index is 1600. The van der Waals surface area contributed by atoms with Crippen LogP contribution in [-0.2, 0) is 0 Å². The van der Waals surface area contributed by atoms with E-state index < -0.39 is 0 Å². The van der Waals surface area contributed by atoms with Crippen molar-refractivity contribution in [3.05, 3.63) is 78.2 Å². The first-order valence-electron chi connectivity index (χ1n) is 12.9. The van der Waals surface area contributed by atoms with E-state index in [9.17, 15) is 0 Å². The average Bonchev–Trinajstić information content (AvgIpc) is 3.55. The van der Waals surface area contributed by atoms with Crippen LogP contribution in [0.2, 0.25) is 0 Å². The molecule has 0 atom stereocenters. The van der Waals surface area contributed by atoms with Crippen LogP contribution in [0.4, 0.5) is 5.69 Å². The predicted octanol–water partition coefficient (Wildman–Crippen LogP) is 10.9. The van der Waals surface area contributed by atoms with Crippen LogP contribution in [0.15, 0.2) is 78.2 Å². The maximum absolute atomic E-state index is 3.60. The summed E-state index contributed by atoms with van der Waals surface area (Å²) in [6.45, 7) is 3.34. The molecule has 2 heterocycles. The van der Waals surface area contributed by atoms with Crippen LogP contribution in [-0.4, -0.2) is 6.54 Å². The van der Waals surface area contributed by atoms with Gasteiger partial charge in [-0.05, 0) is 63.2 Å². The molecule has 0 fully saturated rings. The molecule has 4 aromatic carbocycles. The lowest BCUT2D eigenvalue weighted by atomic mass is 10.00. The van der Waals surface area contributed by atoms with Gasteiger partial charge in [0.05, 0.1) is 0 Å². The molecule has 0 spiro atoms. The number of hydrogen-bond donors (Lipinski definition) is 1. The predicted molar refractivity (Wildman–Crippen MR) is 160 cm³/mol. The van der Waals surface area contributed by atoms with Gasteiger partial charge in [-0.3, -0.25) is 0 Å². The molecular formula is C32H31NS2. The van der Waals surface area contributed by atoms with Crippen LogP contribution in [0.25, 0.3) is 52.2 Å². The van der Waals surface area contributed by atoms with Gasteiger partial charge in [0.15, 0.2) is 0 Å². The van der Waals surface area contributed by atoms with Gasteiger partial charge in [-0.1, -0.05) is 87.6 Å². The standard InChI is InChI=1S/C32H31NS2/c1-2-3-4-5-6-7-19-33-25-12-8-22(9-13-25)30-21-24-11-15-27-26-14-10-23-18-20-34-31(23)28(26)16-17-29(27)32(24)35-30/h8-18,20-21,33H,2-7,19H2,1H3. The minimum absolute atomic E-state index is 1.06. The summed E-state index contributed by atoms with van der Waals surface area (Å²) in [6.07, 6.45) is 8.01. The highest BCUT2D eigenvalue weighted by Crippen LogP contribution is 2.41. The molecule has 0 aliphatic carbocycles. The average molecular weight is 494 g/mol. The topological polar surface area (TPSA) is 12.0 Å². The zero-order chi connectivity index (χ0) is 23.6. The Morgan fingerprint density at radius 2 is 1.31 bits per heavy atom. The molecule has 0 saturated heterocycles. The molecule has 0 radical (unpaired) electrons. The largest absolute Gasteiger partial charge is 0.385 e. The van der Waals surface area contributed by atoms with E-state index in [1.165, 1.54) is 96.4 Å². The molecule has 0 aliphatic rings. The van der Waals surface area contributed by atoms with E-state index in [2.05, 4.69) is 90.4 Å². The van der Waals surface area contributed by atoms with Gasteiger partial charge in [0.2, 0.25) is 0 Å². The van der Waals surface area contributed by atoms with Crippen molar-refractivity contribution in [3.8, 4) is 10.4 Å². The van der Waals surface area contributed by atoms with Gasteiger partial charge in [-0.25, -0.2) is 0 Å². The minimum Gasteiger partial charge on any atom is -0.385 e. The number of unbranched alkanes of at least 4 members (excludes halogenated alkanes) is 5. The van der Waals surface area contributed by atoms with E-state index >= 15 is 0 Å². The molecule has 3 heteroatoms. The Hall–Kier alpha value is -2.88. The molecule has 1 N–H and O–H groups in total. The number of benzene rings is 4. The van der Waals surface area contributed by atoms with Gasteiger partial charge < -0.3 is 5.32 Å². The molecule has 0 amide bonds. The number of anilines is 1. The van der Waals surface area contributed by atoms with E-state index in [1.807, 2.05) is 22.7 Å². The van der Waals surface area contributed by atoms with Crippen LogP contribution < -0.4 is 5.32 Å². The van der Waals surface area contributed by atoms with E-state index in [-0.39, 0.29) is 0 Å². The summed E-state index contributed by atoms with van der Waals surface area (Å²) in [7, 11) is 0. The number of nitrogens with one attached hydrogen (secondary N) is 1. The van der Waals surface area contributed by atoms with Crippen LogP contribution >= 0.6 is 22.7 Å². The van der Waals surface area contributed by atoms with E-state index in [1.54, 1.807) is 0 Å². The van der Waals surface area contributed by atoms with E-state index in [0.717, 1.165) is 6.54 Å². The molecule has 0 saturated carbocycles. The van der Waals surface area contributed by atoms with Crippen LogP contribution in [0.5, 0.6) is 0 Å². The Morgan fingerprint density at radius 3 is 2.11 bits per heavy atom. The molecule has 1 nitrogen and oxygen atoms in total. The number of rotatable bonds is 9. The summed E-state index contributed by atoms with van der Waals surface area (Å²) in [6, 6.07) is 27.4. The van der Waals surface area contributed by atoms with Crippen LogP contribution in [0, 0.1) is 0 Å². The third-order valence-corrected chi connectivity index (χ3v) is 9.32. The molecule has 2 aromatic heterocycles. The summed E-state index contributed by atoms with van der Waals surface area (Å²) in [5.74, 6) is 0. The zero-order valence-corrected chi connectivity index (χ0v) is 21.9. The second kappa shape index (κ2) is 10.0. The second-order valence-electron chi connectivity index (χ2n) is 9.53. The maximum atomic E-state index is 3.60. The first-order valence-corrected chi connectivity index (χ1v) is 14.6. The van der Waals surface area contributed by atoms with Gasteiger partial charge in [-0.2, -0.15) is 0 Å². The van der Waals surface area contributed by atoms with Gasteiger partial charge in [0, 0.05) is 37.3 Å². The van der Waals surface area contributed by atoms with Crippen molar-refractivity contribution < 1.29 is 0 Å². The summed E-state index contributed by atoms with van der Waals surface area (Å²) in [5, 5.41) is 13.9. The molecule has 0 unspecified atom stereocenters. The third-order valence-electron chi connectivity index (χ3n) is 7.12. The fourth-order valence-corrected chi connectivity index (χ4v) is 7.30. The van der Waals surface area contributed by atoms with Gasteiger partial charge in [0.1, 0.15) is 0 Å². The van der Waals surface area contributed by atoms with Crippen molar-refractivity contribution in [1.82, 2.24) is 0 Å². The first-order chi connectivity index (χ1) is 17.3. The normalized spacial score (nSPS) is 11.8. The fraction of sp³-hybridized carbons (Fsp3) is 0.250. The van der Waals surface area contributed by atoms with Crippen LogP contribution in [0.1, 0.15) is 45.4 Å². The van der Waals surface area contributed by atoms with Crippen molar-refractivity contribution in [2.45, 2.75) is 45.4 Å². The van der Waals surface area contributed by atoms with Gasteiger partial charge >= 0.3 is 0 Å². The fourth-order valence-electron chi connectivity index (χ4n) is 5.18. The van der Waals surface area contributed by atoms with Gasteiger partial charge in [-0.15, -0.1) is 22.7 Å².